The number of rotatable bonds is 5. The first-order valence-corrected chi connectivity index (χ1v) is 5.57. The zero-order chi connectivity index (χ0) is 12.8. The molecule has 90 valence electrons. The van der Waals surface area contributed by atoms with Gasteiger partial charge in [-0.15, -0.1) is 0 Å². The van der Waals surface area contributed by atoms with E-state index in [1.54, 1.807) is 24.3 Å². The summed E-state index contributed by atoms with van der Waals surface area (Å²) in [4.78, 5) is 11.4. The van der Waals surface area contributed by atoms with Crippen molar-refractivity contribution < 1.29 is 4.79 Å². The fourth-order valence-corrected chi connectivity index (χ4v) is 1.53. The van der Waals surface area contributed by atoms with Crippen molar-refractivity contribution in [3.63, 3.8) is 0 Å². The molecule has 1 aromatic carbocycles. The van der Waals surface area contributed by atoms with Gasteiger partial charge in [0.2, 0.25) is 5.91 Å². The number of hydrogen-bond acceptors (Lipinski definition) is 3. The molecule has 0 fully saturated rings. The molecule has 0 aliphatic carbocycles. The molecule has 1 aromatic rings. The van der Waals surface area contributed by atoms with E-state index in [1.807, 2.05) is 19.9 Å². The van der Waals surface area contributed by atoms with Crippen molar-refractivity contribution in [2.75, 3.05) is 6.54 Å². The van der Waals surface area contributed by atoms with E-state index >= 15 is 0 Å². The predicted octanol–water partition coefficient (Wildman–Crippen LogP) is 1.13. The number of amides is 1. The lowest BCUT2D eigenvalue weighted by atomic mass is 9.97. The summed E-state index contributed by atoms with van der Waals surface area (Å²) in [5.74, 6) is -0.715. The van der Waals surface area contributed by atoms with Crippen molar-refractivity contribution in [3.8, 4) is 6.07 Å². The number of nitrogens with zero attached hydrogens (tertiary/aromatic N) is 1. The smallest absolute Gasteiger partial charge is 0.226 e. The quantitative estimate of drug-likeness (QED) is 0.797. The second-order valence-electron chi connectivity index (χ2n) is 4.25. The normalized spacial score (nSPS) is 12.1. The van der Waals surface area contributed by atoms with Crippen LogP contribution in [-0.2, 0) is 4.79 Å². The molecule has 0 aliphatic rings. The molecule has 4 heteroatoms. The van der Waals surface area contributed by atoms with Gasteiger partial charge in [-0.25, -0.2) is 0 Å². The highest BCUT2D eigenvalue weighted by Crippen LogP contribution is 2.15. The van der Waals surface area contributed by atoms with Gasteiger partial charge in [0.25, 0.3) is 0 Å². The highest BCUT2D eigenvalue weighted by Gasteiger charge is 2.17. The monoisotopic (exact) mass is 231 g/mol. The van der Waals surface area contributed by atoms with E-state index < -0.39 is 0 Å². The van der Waals surface area contributed by atoms with Gasteiger partial charge >= 0.3 is 0 Å². The number of benzene rings is 1. The molecule has 1 atom stereocenters. The lowest BCUT2D eigenvalue weighted by Crippen LogP contribution is -2.34. The first kappa shape index (κ1) is 13.2. The van der Waals surface area contributed by atoms with E-state index in [4.69, 9.17) is 11.0 Å². The van der Waals surface area contributed by atoms with Gasteiger partial charge in [-0.2, -0.15) is 5.26 Å². The summed E-state index contributed by atoms with van der Waals surface area (Å²) in [5, 5.41) is 11.9. The summed E-state index contributed by atoms with van der Waals surface area (Å²) in [6, 6.07) is 9.28. The van der Waals surface area contributed by atoms with Gasteiger partial charge in [-0.1, -0.05) is 26.0 Å². The standard InChI is InChI=1S/C13H17N3O/c1-9(2)16-8-12(13(15)17)11-5-3-10(7-14)4-6-11/h3-6,9,12,16H,8H2,1-2H3,(H2,15,17). The number of primary amides is 1. The van der Waals surface area contributed by atoms with Gasteiger partial charge in [-0.3, -0.25) is 4.79 Å². The van der Waals surface area contributed by atoms with Crippen LogP contribution in [0.2, 0.25) is 0 Å². The van der Waals surface area contributed by atoms with Crippen LogP contribution in [-0.4, -0.2) is 18.5 Å². The fourth-order valence-electron chi connectivity index (χ4n) is 1.53. The van der Waals surface area contributed by atoms with Crippen LogP contribution in [0.4, 0.5) is 0 Å². The molecule has 0 spiro atoms. The van der Waals surface area contributed by atoms with E-state index in [2.05, 4.69) is 5.32 Å². The van der Waals surface area contributed by atoms with Crippen molar-refractivity contribution in [2.24, 2.45) is 5.73 Å². The zero-order valence-corrected chi connectivity index (χ0v) is 10.1. The second-order valence-corrected chi connectivity index (χ2v) is 4.25. The Balaban J connectivity index is 2.83. The van der Waals surface area contributed by atoms with Crippen molar-refractivity contribution in [3.05, 3.63) is 35.4 Å². The molecule has 1 unspecified atom stereocenters. The van der Waals surface area contributed by atoms with Crippen molar-refractivity contribution in [1.82, 2.24) is 5.32 Å². The Morgan fingerprint density at radius 2 is 2.00 bits per heavy atom. The highest BCUT2D eigenvalue weighted by atomic mass is 16.1. The number of carbonyl (C=O) groups is 1. The van der Waals surface area contributed by atoms with E-state index in [1.165, 1.54) is 0 Å². The van der Waals surface area contributed by atoms with E-state index in [9.17, 15) is 4.79 Å². The maximum Gasteiger partial charge on any atom is 0.226 e. The highest BCUT2D eigenvalue weighted by molar-refractivity contribution is 5.82. The Morgan fingerprint density at radius 1 is 1.41 bits per heavy atom. The van der Waals surface area contributed by atoms with Crippen LogP contribution < -0.4 is 11.1 Å². The maximum atomic E-state index is 11.4. The summed E-state index contributed by atoms with van der Waals surface area (Å²) >= 11 is 0. The van der Waals surface area contributed by atoms with Crippen molar-refractivity contribution >= 4 is 5.91 Å². The minimum Gasteiger partial charge on any atom is -0.369 e. The molecule has 0 aliphatic heterocycles. The van der Waals surface area contributed by atoms with E-state index in [0.717, 1.165) is 5.56 Å². The molecule has 1 amide bonds. The van der Waals surface area contributed by atoms with Crippen LogP contribution in [0.1, 0.15) is 30.9 Å². The van der Waals surface area contributed by atoms with E-state index in [0.29, 0.717) is 18.2 Å². The van der Waals surface area contributed by atoms with Crippen molar-refractivity contribution in [1.29, 1.82) is 5.26 Å². The lowest BCUT2D eigenvalue weighted by molar-refractivity contribution is -0.119. The maximum absolute atomic E-state index is 11.4. The number of carbonyl (C=O) groups excluding carboxylic acids is 1. The molecule has 17 heavy (non-hydrogen) atoms. The largest absolute Gasteiger partial charge is 0.369 e. The van der Waals surface area contributed by atoms with Gasteiger partial charge in [0.05, 0.1) is 17.6 Å². The Labute approximate surface area is 101 Å². The topological polar surface area (TPSA) is 78.9 Å². The average molecular weight is 231 g/mol. The Hall–Kier alpha value is -1.86. The summed E-state index contributed by atoms with van der Waals surface area (Å²) in [6.45, 7) is 4.53. The number of nitrogens with two attached hydrogens (primary N) is 1. The molecule has 4 nitrogen and oxygen atoms in total. The zero-order valence-electron chi connectivity index (χ0n) is 10.1. The molecule has 0 bridgehead atoms. The SMILES string of the molecule is CC(C)NCC(C(N)=O)c1ccc(C#N)cc1. The lowest BCUT2D eigenvalue weighted by Gasteiger charge is -2.16. The third kappa shape index (κ3) is 3.89. The minimum absolute atomic E-state index is 0.301. The van der Waals surface area contributed by atoms with Crippen LogP contribution in [0, 0.1) is 11.3 Å². The molecule has 0 saturated carbocycles. The van der Waals surface area contributed by atoms with Crippen LogP contribution >= 0.6 is 0 Å². The molecule has 3 N–H and O–H groups in total. The number of nitrogens with one attached hydrogen (secondary N) is 1. The number of hydrogen-bond donors (Lipinski definition) is 2. The van der Waals surface area contributed by atoms with Gasteiger partial charge in [0, 0.05) is 12.6 Å². The molecular formula is C13H17N3O. The summed E-state index contributed by atoms with van der Waals surface area (Å²) in [7, 11) is 0. The third-order valence-electron chi connectivity index (χ3n) is 2.52. The molecule has 0 aromatic heterocycles. The third-order valence-corrected chi connectivity index (χ3v) is 2.52. The molecule has 0 heterocycles. The fraction of sp³-hybridized carbons (Fsp3) is 0.385. The summed E-state index contributed by atoms with van der Waals surface area (Å²) in [6.07, 6.45) is 0. The van der Waals surface area contributed by atoms with Gasteiger partial charge in [0.1, 0.15) is 0 Å². The summed E-state index contributed by atoms with van der Waals surface area (Å²) < 4.78 is 0. The summed E-state index contributed by atoms with van der Waals surface area (Å²) in [5.41, 5.74) is 6.80. The second kappa shape index (κ2) is 6.02. The minimum atomic E-state index is -0.358. The van der Waals surface area contributed by atoms with Crippen LogP contribution in [0.5, 0.6) is 0 Å². The molecule has 0 saturated heterocycles. The van der Waals surface area contributed by atoms with Gasteiger partial charge in [-0.05, 0) is 17.7 Å². The van der Waals surface area contributed by atoms with Crippen LogP contribution in [0.25, 0.3) is 0 Å². The van der Waals surface area contributed by atoms with Crippen LogP contribution in [0.15, 0.2) is 24.3 Å². The molecule has 1 rings (SSSR count). The predicted molar refractivity (Wildman–Crippen MR) is 66.2 cm³/mol. The van der Waals surface area contributed by atoms with Gasteiger partial charge in [0.15, 0.2) is 0 Å². The van der Waals surface area contributed by atoms with Crippen molar-refractivity contribution in [2.45, 2.75) is 25.8 Å². The first-order chi connectivity index (χ1) is 8.04. The molecular weight excluding hydrogens is 214 g/mol. The van der Waals surface area contributed by atoms with Crippen LogP contribution in [0.3, 0.4) is 0 Å². The Morgan fingerprint density at radius 3 is 2.41 bits per heavy atom. The first-order valence-electron chi connectivity index (χ1n) is 5.57. The van der Waals surface area contributed by atoms with E-state index in [-0.39, 0.29) is 11.8 Å². The van der Waals surface area contributed by atoms with Gasteiger partial charge < -0.3 is 11.1 Å². The average Bonchev–Trinajstić information content (AvgIpc) is 2.29. The Kier molecular flexibility index (Phi) is 4.68. The number of nitriles is 1. The Bertz CT molecular complexity index is 417. The molecule has 0 radical (unpaired) electrons.